The van der Waals surface area contributed by atoms with Gasteiger partial charge < -0.3 is 15.2 Å². The van der Waals surface area contributed by atoms with Crippen molar-refractivity contribution in [1.29, 1.82) is 0 Å². The van der Waals surface area contributed by atoms with E-state index in [4.69, 9.17) is 4.74 Å². The van der Waals surface area contributed by atoms with E-state index in [9.17, 15) is 9.50 Å². The van der Waals surface area contributed by atoms with Crippen molar-refractivity contribution >= 4 is 0 Å². The van der Waals surface area contributed by atoms with E-state index in [0.717, 1.165) is 12.1 Å². The minimum absolute atomic E-state index is 0.0761. The standard InChI is InChI=1S/C15H24FNO2/c1-5-15(4,18)10-19-14-9-12(16)7-8-13(14)11(3)17-6-2/h7-9,11,17-18H,5-6,10H2,1-4H3. The number of hydrogen-bond acceptors (Lipinski definition) is 3. The van der Waals surface area contributed by atoms with Crippen LogP contribution in [0.4, 0.5) is 4.39 Å². The minimum atomic E-state index is -0.898. The molecule has 2 unspecified atom stereocenters. The molecular formula is C15H24FNO2. The first-order valence-corrected chi connectivity index (χ1v) is 6.77. The van der Waals surface area contributed by atoms with Gasteiger partial charge in [0.15, 0.2) is 0 Å². The highest BCUT2D eigenvalue weighted by Gasteiger charge is 2.20. The summed E-state index contributed by atoms with van der Waals surface area (Å²) in [7, 11) is 0. The lowest BCUT2D eigenvalue weighted by atomic mass is 10.0. The van der Waals surface area contributed by atoms with Crippen LogP contribution < -0.4 is 10.1 Å². The van der Waals surface area contributed by atoms with Crippen LogP contribution in [0.25, 0.3) is 0 Å². The number of aliphatic hydroxyl groups is 1. The van der Waals surface area contributed by atoms with E-state index < -0.39 is 5.60 Å². The molecule has 2 atom stereocenters. The maximum Gasteiger partial charge on any atom is 0.127 e. The first kappa shape index (κ1) is 15.9. The SMILES string of the molecule is CCNC(C)c1ccc(F)cc1OCC(C)(O)CC. The van der Waals surface area contributed by atoms with Gasteiger partial charge in [-0.05, 0) is 32.9 Å². The summed E-state index contributed by atoms with van der Waals surface area (Å²) in [6, 6.07) is 4.59. The van der Waals surface area contributed by atoms with E-state index in [0.29, 0.717) is 12.2 Å². The Kier molecular flexibility index (Phi) is 5.76. The number of ether oxygens (including phenoxy) is 1. The van der Waals surface area contributed by atoms with Gasteiger partial charge in [-0.3, -0.25) is 0 Å². The number of rotatable bonds is 7. The van der Waals surface area contributed by atoms with Crippen molar-refractivity contribution in [2.24, 2.45) is 0 Å². The average Bonchev–Trinajstić information content (AvgIpc) is 2.37. The zero-order valence-corrected chi connectivity index (χ0v) is 12.2. The van der Waals surface area contributed by atoms with E-state index in [-0.39, 0.29) is 18.5 Å². The quantitative estimate of drug-likeness (QED) is 0.799. The Morgan fingerprint density at radius 1 is 1.42 bits per heavy atom. The molecule has 0 spiro atoms. The lowest BCUT2D eigenvalue weighted by Gasteiger charge is -2.24. The average molecular weight is 269 g/mol. The second-order valence-electron chi connectivity index (χ2n) is 5.10. The summed E-state index contributed by atoms with van der Waals surface area (Å²) in [5, 5.41) is 13.2. The van der Waals surface area contributed by atoms with Gasteiger partial charge in [-0.1, -0.05) is 19.9 Å². The molecule has 1 rings (SSSR count). The third-order valence-corrected chi connectivity index (χ3v) is 3.25. The number of hydrogen-bond donors (Lipinski definition) is 2. The first-order valence-electron chi connectivity index (χ1n) is 6.77. The molecule has 0 aliphatic heterocycles. The van der Waals surface area contributed by atoms with Crippen LogP contribution >= 0.6 is 0 Å². The fourth-order valence-corrected chi connectivity index (χ4v) is 1.74. The summed E-state index contributed by atoms with van der Waals surface area (Å²) in [5.74, 6) is 0.153. The van der Waals surface area contributed by atoms with Gasteiger partial charge >= 0.3 is 0 Å². The Labute approximate surface area is 114 Å². The normalized spacial score (nSPS) is 15.9. The lowest BCUT2D eigenvalue weighted by molar-refractivity contribution is 0.00795. The van der Waals surface area contributed by atoms with Crippen molar-refractivity contribution < 1.29 is 14.2 Å². The van der Waals surface area contributed by atoms with E-state index in [1.807, 2.05) is 20.8 Å². The fourth-order valence-electron chi connectivity index (χ4n) is 1.74. The molecule has 0 aromatic heterocycles. The molecule has 0 radical (unpaired) electrons. The highest BCUT2D eigenvalue weighted by atomic mass is 19.1. The molecule has 0 saturated carbocycles. The van der Waals surface area contributed by atoms with Crippen LogP contribution in [-0.4, -0.2) is 23.9 Å². The molecular weight excluding hydrogens is 245 g/mol. The van der Waals surface area contributed by atoms with Crippen LogP contribution in [-0.2, 0) is 0 Å². The summed E-state index contributed by atoms with van der Waals surface area (Å²) in [5.41, 5.74) is 0.000483. The highest BCUT2D eigenvalue weighted by Crippen LogP contribution is 2.27. The van der Waals surface area contributed by atoms with Crippen LogP contribution in [0.1, 0.15) is 45.7 Å². The number of halogens is 1. The van der Waals surface area contributed by atoms with Crippen molar-refractivity contribution in [3.63, 3.8) is 0 Å². The van der Waals surface area contributed by atoms with Gasteiger partial charge in [0, 0.05) is 17.7 Å². The lowest BCUT2D eigenvalue weighted by Crippen LogP contribution is -2.31. The van der Waals surface area contributed by atoms with Crippen LogP contribution in [0, 0.1) is 5.82 Å². The monoisotopic (exact) mass is 269 g/mol. The highest BCUT2D eigenvalue weighted by molar-refractivity contribution is 5.36. The van der Waals surface area contributed by atoms with Crippen LogP contribution in [0.5, 0.6) is 5.75 Å². The molecule has 4 heteroatoms. The third kappa shape index (κ3) is 4.80. The predicted molar refractivity (Wildman–Crippen MR) is 74.9 cm³/mol. The number of nitrogens with one attached hydrogen (secondary N) is 1. The van der Waals surface area contributed by atoms with Gasteiger partial charge in [0.2, 0.25) is 0 Å². The van der Waals surface area contributed by atoms with Crippen LogP contribution in [0.2, 0.25) is 0 Å². The van der Waals surface area contributed by atoms with Gasteiger partial charge in [-0.2, -0.15) is 0 Å². The van der Waals surface area contributed by atoms with Crippen LogP contribution in [0.15, 0.2) is 18.2 Å². The zero-order valence-electron chi connectivity index (χ0n) is 12.2. The summed E-state index contributed by atoms with van der Waals surface area (Å²) >= 11 is 0. The van der Waals surface area contributed by atoms with E-state index in [1.165, 1.54) is 12.1 Å². The Hall–Kier alpha value is -1.13. The minimum Gasteiger partial charge on any atom is -0.490 e. The van der Waals surface area contributed by atoms with Gasteiger partial charge in [0.25, 0.3) is 0 Å². The Morgan fingerprint density at radius 2 is 2.11 bits per heavy atom. The maximum absolute atomic E-state index is 13.3. The van der Waals surface area contributed by atoms with Crippen molar-refractivity contribution in [2.75, 3.05) is 13.2 Å². The fraction of sp³-hybridized carbons (Fsp3) is 0.600. The Balaban J connectivity index is 2.88. The molecule has 0 heterocycles. The molecule has 0 aliphatic rings. The molecule has 2 N–H and O–H groups in total. The van der Waals surface area contributed by atoms with Crippen molar-refractivity contribution in [2.45, 2.75) is 45.8 Å². The van der Waals surface area contributed by atoms with Gasteiger partial charge in [0.05, 0.1) is 5.60 Å². The Morgan fingerprint density at radius 3 is 2.68 bits per heavy atom. The maximum atomic E-state index is 13.3. The summed E-state index contributed by atoms with van der Waals surface area (Å²) in [6.07, 6.45) is 0.584. The molecule has 108 valence electrons. The predicted octanol–water partition coefficient (Wildman–Crippen LogP) is 3.04. The molecule has 0 amide bonds. The van der Waals surface area contributed by atoms with Crippen molar-refractivity contribution in [3.05, 3.63) is 29.6 Å². The molecule has 0 fully saturated rings. The molecule has 19 heavy (non-hydrogen) atoms. The van der Waals surface area contributed by atoms with Crippen molar-refractivity contribution in [1.82, 2.24) is 5.32 Å². The summed E-state index contributed by atoms with van der Waals surface area (Å²) in [4.78, 5) is 0. The third-order valence-electron chi connectivity index (χ3n) is 3.25. The van der Waals surface area contributed by atoms with Gasteiger partial charge in [0.1, 0.15) is 18.2 Å². The topological polar surface area (TPSA) is 41.5 Å². The number of benzene rings is 1. The second kappa shape index (κ2) is 6.87. The zero-order chi connectivity index (χ0) is 14.5. The summed E-state index contributed by atoms with van der Waals surface area (Å²) in [6.45, 7) is 8.59. The van der Waals surface area contributed by atoms with Gasteiger partial charge in [-0.15, -0.1) is 0 Å². The van der Waals surface area contributed by atoms with Gasteiger partial charge in [-0.25, -0.2) is 4.39 Å². The molecule has 3 nitrogen and oxygen atoms in total. The van der Waals surface area contributed by atoms with Crippen molar-refractivity contribution in [3.8, 4) is 5.75 Å². The molecule has 1 aromatic carbocycles. The largest absolute Gasteiger partial charge is 0.490 e. The van der Waals surface area contributed by atoms with E-state index in [1.54, 1.807) is 13.0 Å². The second-order valence-corrected chi connectivity index (χ2v) is 5.10. The molecule has 0 bridgehead atoms. The van der Waals surface area contributed by atoms with Crippen LogP contribution in [0.3, 0.4) is 0 Å². The van der Waals surface area contributed by atoms with E-state index in [2.05, 4.69) is 5.32 Å². The molecule has 0 saturated heterocycles. The molecule has 1 aromatic rings. The molecule has 0 aliphatic carbocycles. The summed E-state index contributed by atoms with van der Waals surface area (Å²) < 4.78 is 18.9. The smallest absolute Gasteiger partial charge is 0.127 e. The Bertz CT molecular complexity index is 407. The first-order chi connectivity index (χ1) is 8.89. The van der Waals surface area contributed by atoms with E-state index >= 15 is 0 Å².